The van der Waals surface area contributed by atoms with Gasteiger partial charge in [-0.1, -0.05) is 20.3 Å². The Kier molecular flexibility index (Phi) is 8.33. The molecule has 2 N–H and O–H groups in total. The Morgan fingerprint density at radius 3 is 1.85 bits per heavy atom. The zero-order valence-electron chi connectivity index (χ0n) is 8.40. The smallest absolute Gasteiger partial charge is 0.0928 e. The quantitative estimate of drug-likeness (QED) is 0.458. The van der Waals surface area contributed by atoms with Crippen molar-refractivity contribution in [2.75, 3.05) is 0 Å². The van der Waals surface area contributed by atoms with Gasteiger partial charge >= 0.3 is 0 Å². The molecule has 13 heavy (non-hydrogen) atoms. The van der Waals surface area contributed by atoms with Gasteiger partial charge in [0, 0.05) is 0 Å². The van der Waals surface area contributed by atoms with Gasteiger partial charge in [-0.15, -0.1) is 0 Å². The average Bonchev–Trinajstić information content (AvgIpc) is 2.17. The predicted molar refractivity (Wildman–Crippen MR) is 49.4 cm³/mol. The van der Waals surface area contributed by atoms with E-state index < -0.39 is 0 Å². The highest BCUT2D eigenvalue weighted by Gasteiger charge is 2.12. The molecule has 0 fully saturated rings. The van der Waals surface area contributed by atoms with Gasteiger partial charge in [0.1, 0.15) is 0 Å². The number of hydrogen-bond donors (Lipinski definition) is 2. The van der Waals surface area contributed by atoms with E-state index in [-0.39, 0.29) is 12.2 Å². The maximum Gasteiger partial charge on any atom is 0.0928 e. The Bertz CT molecular complexity index is 104. The maximum absolute atomic E-state index is 8.51. The average molecular weight is 192 g/mol. The zero-order valence-corrected chi connectivity index (χ0v) is 8.40. The van der Waals surface area contributed by atoms with Crippen LogP contribution in [0.5, 0.6) is 0 Å². The van der Waals surface area contributed by atoms with Gasteiger partial charge in [0.25, 0.3) is 0 Å². The van der Waals surface area contributed by atoms with Crippen molar-refractivity contribution in [3.05, 3.63) is 0 Å². The summed E-state index contributed by atoms with van der Waals surface area (Å²) >= 11 is 0. The van der Waals surface area contributed by atoms with Gasteiger partial charge in [-0.05, 0) is 25.7 Å². The minimum absolute atomic E-state index is 0.130. The van der Waals surface area contributed by atoms with Gasteiger partial charge < -0.3 is 0 Å². The second-order valence-electron chi connectivity index (χ2n) is 3.23. The van der Waals surface area contributed by atoms with Gasteiger partial charge in [-0.2, -0.15) is 0 Å². The van der Waals surface area contributed by atoms with Crippen molar-refractivity contribution in [2.45, 2.75) is 58.2 Å². The lowest BCUT2D eigenvalue weighted by Gasteiger charge is -2.15. The summed E-state index contributed by atoms with van der Waals surface area (Å²) in [6, 6.07) is 0. The number of rotatable bonds is 8. The Labute approximate surface area is 79.3 Å². The normalized spacial score (nSPS) is 15.7. The molecule has 4 nitrogen and oxygen atoms in total. The molecular weight excluding hydrogens is 172 g/mol. The molecule has 0 aliphatic heterocycles. The monoisotopic (exact) mass is 192 g/mol. The molecule has 0 spiro atoms. The maximum atomic E-state index is 8.51. The molecule has 4 heteroatoms. The van der Waals surface area contributed by atoms with Gasteiger partial charge in [-0.25, -0.2) is 9.78 Å². The van der Waals surface area contributed by atoms with E-state index in [4.69, 9.17) is 10.5 Å². The van der Waals surface area contributed by atoms with Crippen LogP contribution < -0.4 is 0 Å². The molecule has 0 aliphatic carbocycles. The first-order valence-corrected chi connectivity index (χ1v) is 4.88. The highest BCUT2D eigenvalue weighted by Crippen LogP contribution is 2.13. The molecule has 0 saturated heterocycles. The minimum Gasteiger partial charge on any atom is -0.252 e. The summed E-state index contributed by atoms with van der Waals surface area (Å²) in [7, 11) is 0. The number of hydrogen-bond acceptors (Lipinski definition) is 4. The van der Waals surface area contributed by atoms with Gasteiger partial charge in [0.2, 0.25) is 0 Å². The standard InChI is InChI=1S/C9H20O4/c1-3-5-9(13-11)7-6-8(4-2)12-10/h8-11H,3-7H2,1-2H3. The lowest BCUT2D eigenvalue weighted by Crippen LogP contribution is -2.16. The highest BCUT2D eigenvalue weighted by molar-refractivity contribution is 4.61. The molecule has 2 unspecified atom stereocenters. The van der Waals surface area contributed by atoms with Crippen molar-refractivity contribution in [3.8, 4) is 0 Å². The van der Waals surface area contributed by atoms with E-state index in [0.29, 0.717) is 12.8 Å². The van der Waals surface area contributed by atoms with Gasteiger partial charge in [0.15, 0.2) is 0 Å². The van der Waals surface area contributed by atoms with E-state index in [0.717, 1.165) is 19.3 Å². The molecule has 0 radical (unpaired) electrons. The van der Waals surface area contributed by atoms with Crippen molar-refractivity contribution >= 4 is 0 Å². The Morgan fingerprint density at radius 2 is 1.46 bits per heavy atom. The Morgan fingerprint density at radius 1 is 0.923 bits per heavy atom. The van der Waals surface area contributed by atoms with Crippen LogP contribution in [-0.2, 0) is 9.78 Å². The topological polar surface area (TPSA) is 58.9 Å². The van der Waals surface area contributed by atoms with Crippen LogP contribution in [0.3, 0.4) is 0 Å². The third kappa shape index (κ3) is 5.99. The minimum atomic E-state index is -0.144. The molecule has 0 saturated carbocycles. The first-order valence-electron chi connectivity index (χ1n) is 4.88. The molecule has 2 atom stereocenters. The molecule has 0 rings (SSSR count). The Balaban J connectivity index is 3.56. The van der Waals surface area contributed by atoms with Crippen molar-refractivity contribution in [1.82, 2.24) is 0 Å². The molecule has 0 bridgehead atoms. The van der Waals surface area contributed by atoms with Crippen molar-refractivity contribution in [3.63, 3.8) is 0 Å². The molecule has 0 amide bonds. The first kappa shape index (κ1) is 12.8. The fraction of sp³-hybridized carbons (Fsp3) is 1.00. The Hall–Kier alpha value is -0.160. The van der Waals surface area contributed by atoms with Crippen LogP contribution in [0.1, 0.15) is 46.0 Å². The van der Waals surface area contributed by atoms with Crippen LogP contribution in [0.25, 0.3) is 0 Å². The van der Waals surface area contributed by atoms with E-state index in [1.165, 1.54) is 0 Å². The van der Waals surface area contributed by atoms with E-state index in [2.05, 4.69) is 9.78 Å². The van der Waals surface area contributed by atoms with Crippen LogP contribution in [0.2, 0.25) is 0 Å². The molecule has 80 valence electrons. The summed E-state index contributed by atoms with van der Waals surface area (Å²) in [6.45, 7) is 3.97. The third-order valence-electron chi connectivity index (χ3n) is 2.17. The van der Waals surface area contributed by atoms with Crippen LogP contribution in [-0.4, -0.2) is 22.7 Å². The summed E-state index contributed by atoms with van der Waals surface area (Å²) in [6.07, 6.45) is 3.71. The molecule has 0 heterocycles. The first-order chi connectivity index (χ1) is 6.28. The second-order valence-corrected chi connectivity index (χ2v) is 3.23. The van der Waals surface area contributed by atoms with Gasteiger partial charge in [0.05, 0.1) is 12.2 Å². The lowest BCUT2D eigenvalue weighted by molar-refractivity contribution is -0.295. The molecule has 0 aromatic rings. The summed E-state index contributed by atoms with van der Waals surface area (Å²) in [5.41, 5.74) is 0. The van der Waals surface area contributed by atoms with Crippen LogP contribution in [0, 0.1) is 0 Å². The van der Waals surface area contributed by atoms with Crippen LogP contribution in [0.4, 0.5) is 0 Å². The molecular formula is C9H20O4. The molecule has 0 aromatic heterocycles. The van der Waals surface area contributed by atoms with E-state index >= 15 is 0 Å². The SMILES string of the molecule is CCCC(CCC(CC)OO)OO. The van der Waals surface area contributed by atoms with Crippen molar-refractivity contribution in [2.24, 2.45) is 0 Å². The second kappa shape index (κ2) is 8.44. The zero-order chi connectivity index (χ0) is 10.1. The van der Waals surface area contributed by atoms with Crippen LogP contribution >= 0.6 is 0 Å². The highest BCUT2D eigenvalue weighted by atomic mass is 17.1. The molecule has 0 aromatic carbocycles. The van der Waals surface area contributed by atoms with E-state index in [9.17, 15) is 0 Å². The van der Waals surface area contributed by atoms with Crippen molar-refractivity contribution < 1.29 is 20.3 Å². The predicted octanol–water partition coefficient (Wildman–Crippen LogP) is 2.69. The van der Waals surface area contributed by atoms with E-state index in [1.54, 1.807) is 0 Å². The summed E-state index contributed by atoms with van der Waals surface area (Å²) < 4.78 is 0. The summed E-state index contributed by atoms with van der Waals surface area (Å²) in [4.78, 5) is 8.53. The summed E-state index contributed by atoms with van der Waals surface area (Å²) in [5, 5.41) is 17.0. The largest absolute Gasteiger partial charge is 0.252 e. The van der Waals surface area contributed by atoms with Crippen molar-refractivity contribution in [1.29, 1.82) is 0 Å². The summed E-state index contributed by atoms with van der Waals surface area (Å²) in [5.74, 6) is 0. The van der Waals surface area contributed by atoms with Gasteiger partial charge in [-0.3, -0.25) is 10.5 Å². The van der Waals surface area contributed by atoms with Crippen LogP contribution in [0.15, 0.2) is 0 Å². The fourth-order valence-electron chi connectivity index (χ4n) is 1.27. The lowest BCUT2D eigenvalue weighted by atomic mass is 10.1. The molecule has 0 aliphatic rings. The fourth-order valence-corrected chi connectivity index (χ4v) is 1.27. The van der Waals surface area contributed by atoms with E-state index in [1.807, 2.05) is 13.8 Å². The third-order valence-corrected chi connectivity index (χ3v) is 2.17.